The summed E-state index contributed by atoms with van der Waals surface area (Å²) in [4.78, 5) is 17.7. The number of halogens is 1. The molecule has 17 heavy (non-hydrogen) atoms. The van der Waals surface area contributed by atoms with Crippen LogP contribution in [0.4, 0.5) is 10.2 Å². The maximum atomic E-state index is 13.2. The van der Waals surface area contributed by atoms with Crippen molar-refractivity contribution < 1.29 is 9.18 Å². The number of nitrogens with zero attached hydrogens (tertiary/aromatic N) is 2. The molecule has 0 spiro atoms. The normalized spacial score (nSPS) is 14.5. The van der Waals surface area contributed by atoms with Crippen LogP contribution in [0.3, 0.4) is 0 Å². The molecule has 0 aliphatic heterocycles. The van der Waals surface area contributed by atoms with E-state index < -0.39 is 5.82 Å². The number of nitrogens with one attached hydrogen (secondary N) is 1. The van der Waals surface area contributed by atoms with E-state index in [1.54, 1.807) is 11.9 Å². The lowest BCUT2D eigenvalue weighted by Crippen LogP contribution is -2.29. The smallest absolute Gasteiger partial charge is 0.257 e. The quantitative estimate of drug-likeness (QED) is 0.869. The Hall–Kier alpha value is -1.65. The van der Waals surface area contributed by atoms with Gasteiger partial charge in [-0.05, 0) is 25.8 Å². The van der Waals surface area contributed by atoms with Crippen molar-refractivity contribution in [3.8, 4) is 0 Å². The predicted octanol–water partition coefficient (Wildman–Crippen LogP) is 1.89. The Balaban J connectivity index is 2.27. The van der Waals surface area contributed by atoms with E-state index in [-0.39, 0.29) is 5.91 Å². The maximum absolute atomic E-state index is 13.2. The lowest BCUT2D eigenvalue weighted by molar-refractivity contribution is 0.0785. The van der Waals surface area contributed by atoms with E-state index in [0.717, 1.165) is 19.0 Å². The molecular formula is C12H16FN3O. The largest absolute Gasteiger partial charge is 0.370 e. The van der Waals surface area contributed by atoms with Gasteiger partial charge in [0.2, 0.25) is 0 Å². The first-order valence-electron chi connectivity index (χ1n) is 5.80. The first-order valence-corrected chi connectivity index (χ1v) is 5.80. The van der Waals surface area contributed by atoms with Gasteiger partial charge in [-0.3, -0.25) is 4.79 Å². The van der Waals surface area contributed by atoms with Crippen molar-refractivity contribution in [2.75, 3.05) is 18.9 Å². The van der Waals surface area contributed by atoms with Crippen molar-refractivity contribution in [3.63, 3.8) is 0 Å². The Morgan fingerprint density at radius 3 is 2.94 bits per heavy atom. The second kappa shape index (κ2) is 4.69. The van der Waals surface area contributed by atoms with E-state index in [1.165, 1.54) is 6.07 Å². The van der Waals surface area contributed by atoms with Crippen LogP contribution >= 0.6 is 0 Å². The van der Waals surface area contributed by atoms with Crippen LogP contribution in [0.25, 0.3) is 0 Å². The van der Waals surface area contributed by atoms with Gasteiger partial charge in [0.15, 0.2) is 0 Å². The summed E-state index contributed by atoms with van der Waals surface area (Å²) < 4.78 is 13.2. The van der Waals surface area contributed by atoms with Gasteiger partial charge in [-0.15, -0.1) is 0 Å². The third-order valence-electron chi connectivity index (χ3n) is 2.84. The molecule has 0 unspecified atom stereocenters. The molecule has 5 heteroatoms. The Kier molecular flexibility index (Phi) is 3.26. The average Bonchev–Trinajstić information content (AvgIpc) is 3.14. The monoisotopic (exact) mass is 237 g/mol. The van der Waals surface area contributed by atoms with Crippen LogP contribution in [0.2, 0.25) is 0 Å². The number of hydrogen-bond donors (Lipinski definition) is 1. The van der Waals surface area contributed by atoms with Crippen LogP contribution in [-0.2, 0) is 0 Å². The molecular weight excluding hydrogens is 221 g/mol. The van der Waals surface area contributed by atoms with E-state index in [0.29, 0.717) is 24.0 Å². The topological polar surface area (TPSA) is 45.2 Å². The fourth-order valence-corrected chi connectivity index (χ4v) is 1.73. The summed E-state index contributed by atoms with van der Waals surface area (Å²) in [6.45, 7) is 2.55. The van der Waals surface area contributed by atoms with E-state index in [4.69, 9.17) is 0 Å². The highest BCUT2D eigenvalue weighted by Crippen LogP contribution is 2.28. The summed E-state index contributed by atoms with van der Waals surface area (Å²) in [5.74, 6) is -0.207. The molecule has 2 rings (SSSR count). The van der Waals surface area contributed by atoms with Gasteiger partial charge in [-0.2, -0.15) is 0 Å². The summed E-state index contributed by atoms with van der Waals surface area (Å²) in [6, 6.07) is 1.55. The van der Waals surface area contributed by atoms with Crippen LogP contribution in [-0.4, -0.2) is 35.4 Å². The minimum atomic E-state index is -0.487. The SMILES string of the molecule is CCNc1ncc(F)cc1C(=O)N(C)C1CC1. The fourth-order valence-electron chi connectivity index (χ4n) is 1.73. The number of carbonyl (C=O) groups excluding carboxylic acids is 1. The zero-order chi connectivity index (χ0) is 12.4. The highest BCUT2D eigenvalue weighted by Gasteiger charge is 2.31. The first-order chi connectivity index (χ1) is 8.13. The minimum Gasteiger partial charge on any atom is -0.370 e. The molecule has 1 saturated carbocycles. The molecule has 1 aliphatic carbocycles. The Labute approximate surface area is 99.8 Å². The maximum Gasteiger partial charge on any atom is 0.257 e. The zero-order valence-electron chi connectivity index (χ0n) is 10.0. The van der Waals surface area contributed by atoms with Crippen molar-refractivity contribution in [1.29, 1.82) is 0 Å². The third-order valence-corrected chi connectivity index (χ3v) is 2.84. The summed E-state index contributed by atoms with van der Waals surface area (Å²) in [6.07, 6.45) is 3.18. The second-order valence-corrected chi connectivity index (χ2v) is 4.23. The summed E-state index contributed by atoms with van der Waals surface area (Å²) in [7, 11) is 1.75. The van der Waals surface area contributed by atoms with Crippen molar-refractivity contribution in [2.24, 2.45) is 0 Å². The van der Waals surface area contributed by atoms with Gasteiger partial charge in [-0.25, -0.2) is 9.37 Å². The van der Waals surface area contributed by atoms with Gasteiger partial charge < -0.3 is 10.2 Å². The number of pyridine rings is 1. The van der Waals surface area contributed by atoms with Gasteiger partial charge in [-0.1, -0.05) is 0 Å². The number of hydrogen-bond acceptors (Lipinski definition) is 3. The number of amides is 1. The molecule has 0 aromatic carbocycles. The Morgan fingerprint density at radius 1 is 1.65 bits per heavy atom. The summed E-state index contributed by atoms with van der Waals surface area (Å²) >= 11 is 0. The molecule has 1 aromatic rings. The van der Waals surface area contributed by atoms with Gasteiger partial charge in [0.05, 0.1) is 11.8 Å². The van der Waals surface area contributed by atoms with Gasteiger partial charge in [0.25, 0.3) is 5.91 Å². The lowest BCUT2D eigenvalue weighted by atomic mass is 10.2. The number of anilines is 1. The van der Waals surface area contributed by atoms with Gasteiger partial charge >= 0.3 is 0 Å². The van der Waals surface area contributed by atoms with Crippen LogP contribution in [0.1, 0.15) is 30.1 Å². The first kappa shape index (κ1) is 11.8. The molecule has 1 aromatic heterocycles. The van der Waals surface area contributed by atoms with Crippen molar-refractivity contribution in [1.82, 2.24) is 9.88 Å². The second-order valence-electron chi connectivity index (χ2n) is 4.23. The summed E-state index contributed by atoms with van der Waals surface area (Å²) in [5.41, 5.74) is 0.307. The molecule has 4 nitrogen and oxygen atoms in total. The van der Waals surface area contributed by atoms with Crippen LogP contribution in [0, 0.1) is 5.82 Å². The van der Waals surface area contributed by atoms with E-state index in [9.17, 15) is 9.18 Å². The number of rotatable bonds is 4. The lowest BCUT2D eigenvalue weighted by Gasteiger charge is -2.18. The van der Waals surface area contributed by atoms with Gasteiger partial charge in [0, 0.05) is 19.6 Å². The number of carbonyl (C=O) groups is 1. The third kappa shape index (κ3) is 2.54. The van der Waals surface area contributed by atoms with E-state index >= 15 is 0 Å². The van der Waals surface area contributed by atoms with Crippen LogP contribution < -0.4 is 5.32 Å². The van der Waals surface area contributed by atoms with E-state index in [1.807, 2.05) is 6.92 Å². The Morgan fingerprint density at radius 2 is 2.35 bits per heavy atom. The van der Waals surface area contributed by atoms with Crippen molar-refractivity contribution in [3.05, 3.63) is 23.6 Å². The van der Waals surface area contributed by atoms with E-state index in [2.05, 4.69) is 10.3 Å². The molecule has 0 atom stereocenters. The standard InChI is InChI=1S/C12H16FN3O/c1-3-14-11-10(6-8(13)7-15-11)12(17)16(2)9-4-5-9/h6-7,9H,3-5H2,1-2H3,(H,14,15). The summed E-state index contributed by atoms with van der Waals surface area (Å²) in [5, 5.41) is 2.97. The molecule has 1 fully saturated rings. The fraction of sp³-hybridized carbons (Fsp3) is 0.500. The highest BCUT2D eigenvalue weighted by atomic mass is 19.1. The van der Waals surface area contributed by atoms with Gasteiger partial charge in [0.1, 0.15) is 11.6 Å². The van der Waals surface area contributed by atoms with Crippen molar-refractivity contribution >= 4 is 11.7 Å². The molecule has 0 saturated heterocycles. The molecule has 0 radical (unpaired) electrons. The number of aromatic nitrogens is 1. The molecule has 0 bridgehead atoms. The zero-order valence-corrected chi connectivity index (χ0v) is 10.0. The van der Waals surface area contributed by atoms with Crippen LogP contribution in [0.5, 0.6) is 0 Å². The molecule has 92 valence electrons. The molecule has 1 heterocycles. The highest BCUT2D eigenvalue weighted by molar-refractivity contribution is 5.98. The minimum absolute atomic E-state index is 0.171. The Bertz CT molecular complexity index is 432. The van der Waals surface area contributed by atoms with Crippen LogP contribution in [0.15, 0.2) is 12.3 Å². The average molecular weight is 237 g/mol. The molecule has 1 N–H and O–H groups in total. The predicted molar refractivity (Wildman–Crippen MR) is 63.5 cm³/mol. The molecule has 1 amide bonds. The molecule has 1 aliphatic rings. The van der Waals surface area contributed by atoms with Crippen molar-refractivity contribution in [2.45, 2.75) is 25.8 Å².